The summed E-state index contributed by atoms with van der Waals surface area (Å²) in [6.07, 6.45) is 0.347. The summed E-state index contributed by atoms with van der Waals surface area (Å²) in [6.45, 7) is 5.45. The van der Waals surface area contributed by atoms with Crippen LogP contribution in [0, 0.1) is 12.8 Å². The number of nitrogens with one attached hydrogen (secondary N) is 1. The smallest absolute Gasteiger partial charge is 0.326 e. The number of carboxylic acid groups (broad SMARTS) is 1. The first-order chi connectivity index (χ1) is 10.9. The number of hydrogen-bond acceptors (Lipinski definition) is 4. The summed E-state index contributed by atoms with van der Waals surface area (Å²) in [4.78, 5) is 27.8. The van der Waals surface area contributed by atoms with Gasteiger partial charge in [0, 0.05) is 5.56 Å². The van der Waals surface area contributed by atoms with Crippen molar-refractivity contribution >= 4 is 11.9 Å². The van der Waals surface area contributed by atoms with Gasteiger partial charge in [0.1, 0.15) is 6.04 Å². The van der Waals surface area contributed by atoms with Crippen molar-refractivity contribution in [1.82, 2.24) is 10.3 Å². The van der Waals surface area contributed by atoms with Gasteiger partial charge < -0.3 is 14.8 Å². The molecule has 2 aromatic rings. The van der Waals surface area contributed by atoms with Crippen molar-refractivity contribution in [3.63, 3.8) is 0 Å². The van der Waals surface area contributed by atoms with Crippen molar-refractivity contribution in [1.29, 1.82) is 0 Å². The van der Waals surface area contributed by atoms with Crippen LogP contribution in [-0.2, 0) is 4.79 Å². The van der Waals surface area contributed by atoms with Crippen LogP contribution in [-0.4, -0.2) is 28.0 Å². The zero-order valence-electron chi connectivity index (χ0n) is 13.4. The van der Waals surface area contributed by atoms with Crippen LogP contribution in [0.15, 0.2) is 34.7 Å². The van der Waals surface area contributed by atoms with E-state index in [0.29, 0.717) is 18.0 Å². The maximum absolute atomic E-state index is 12.3. The summed E-state index contributed by atoms with van der Waals surface area (Å²) in [5, 5.41) is 11.7. The molecule has 1 amide bonds. The Kier molecular flexibility index (Phi) is 5.16. The quantitative estimate of drug-likeness (QED) is 0.855. The molecular formula is C17H20N2O4. The van der Waals surface area contributed by atoms with Crippen LogP contribution in [0.1, 0.15) is 36.5 Å². The summed E-state index contributed by atoms with van der Waals surface area (Å²) < 4.78 is 5.53. The van der Waals surface area contributed by atoms with Gasteiger partial charge in [-0.25, -0.2) is 9.78 Å². The zero-order chi connectivity index (χ0) is 17.0. The SMILES string of the molecule is Cc1nc(-c2ccccc2)oc1C(=O)NC(CC(C)C)C(=O)O. The highest BCUT2D eigenvalue weighted by Gasteiger charge is 2.25. The summed E-state index contributed by atoms with van der Waals surface area (Å²) >= 11 is 0. The molecule has 0 aliphatic carbocycles. The molecule has 0 saturated heterocycles. The third-order valence-electron chi connectivity index (χ3n) is 3.33. The van der Waals surface area contributed by atoms with Gasteiger partial charge in [-0.2, -0.15) is 0 Å². The molecule has 0 aliphatic rings. The molecule has 0 saturated carbocycles. The molecule has 0 fully saturated rings. The van der Waals surface area contributed by atoms with E-state index in [9.17, 15) is 14.7 Å². The fourth-order valence-corrected chi connectivity index (χ4v) is 2.23. The number of aromatic nitrogens is 1. The largest absolute Gasteiger partial charge is 0.480 e. The molecule has 6 heteroatoms. The number of nitrogens with zero attached hydrogens (tertiary/aromatic N) is 1. The Morgan fingerprint density at radius 3 is 2.48 bits per heavy atom. The average molecular weight is 316 g/mol. The minimum atomic E-state index is -1.06. The molecular weight excluding hydrogens is 296 g/mol. The fraction of sp³-hybridized carbons (Fsp3) is 0.353. The number of hydrogen-bond donors (Lipinski definition) is 2. The molecule has 1 aromatic carbocycles. The lowest BCUT2D eigenvalue weighted by molar-refractivity contribution is -0.139. The van der Waals surface area contributed by atoms with E-state index in [1.807, 2.05) is 44.2 Å². The second-order valence-electron chi connectivity index (χ2n) is 5.79. The molecule has 6 nitrogen and oxygen atoms in total. The van der Waals surface area contributed by atoms with Crippen LogP contribution < -0.4 is 5.32 Å². The van der Waals surface area contributed by atoms with Gasteiger partial charge in [-0.05, 0) is 31.4 Å². The van der Waals surface area contributed by atoms with Gasteiger partial charge in [0.05, 0.1) is 5.69 Å². The Morgan fingerprint density at radius 2 is 1.91 bits per heavy atom. The second kappa shape index (κ2) is 7.09. The second-order valence-corrected chi connectivity index (χ2v) is 5.79. The highest BCUT2D eigenvalue weighted by Crippen LogP contribution is 2.21. The Morgan fingerprint density at radius 1 is 1.26 bits per heavy atom. The van der Waals surface area contributed by atoms with Gasteiger partial charge >= 0.3 is 5.97 Å². The van der Waals surface area contributed by atoms with Crippen LogP contribution >= 0.6 is 0 Å². The number of aryl methyl sites for hydroxylation is 1. The normalized spacial score (nSPS) is 12.2. The summed E-state index contributed by atoms with van der Waals surface area (Å²) in [7, 11) is 0. The number of carbonyl (C=O) groups excluding carboxylic acids is 1. The minimum Gasteiger partial charge on any atom is -0.480 e. The molecule has 2 rings (SSSR count). The van der Waals surface area contributed by atoms with Crippen LogP contribution in [0.25, 0.3) is 11.5 Å². The molecule has 1 atom stereocenters. The first-order valence-electron chi connectivity index (χ1n) is 7.45. The van der Waals surface area contributed by atoms with Gasteiger partial charge in [-0.3, -0.25) is 4.79 Å². The van der Waals surface area contributed by atoms with E-state index in [0.717, 1.165) is 5.56 Å². The predicted molar refractivity (Wildman–Crippen MR) is 85.0 cm³/mol. The molecule has 1 unspecified atom stereocenters. The molecule has 0 bridgehead atoms. The first kappa shape index (κ1) is 16.7. The van der Waals surface area contributed by atoms with E-state index in [2.05, 4.69) is 10.3 Å². The van der Waals surface area contributed by atoms with Crippen molar-refractivity contribution in [2.45, 2.75) is 33.2 Å². The van der Waals surface area contributed by atoms with E-state index in [1.165, 1.54) is 0 Å². The molecule has 0 aliphatic heterocycles. The van der Waals surface area contributed by atoms with Crippen molar-refractivity contribution < 1.29 is 19.1 Å². The predicted octanol–water partition coefficient (Wildman–Crippen LogP) is 2.88. The lowest BCUT2D eigenvalue weighted by Gasteiger charge is -2.15. The van der Waals surface area contributed by atoms with Gasteiger partial charge in [-0.15, -0.1) is 0 Å². The number of aliphatic carboxylic acids is 1. The van der Waals surface area contributed by atoms with Gasteiger partial charge in [0.15, 0.2) is 0 Å². The van der Waals surface area contributed by atoms with Gasteiger partial charge in [-0.1, -0.05) is 32.0 Å². The Hall–Kier alpha value is -2.63. The average Bonchev–Trinajstić information content (AvgIpc) is 2.89. The first-order valence-corrected chi connectivity index (χ1v) is 7.45. The standard InChI is InChI=1S/C17H20N2O4/c1-10(2)9-13(17(21)22)19-15(20)14-11(3)18-16(23-14)12-7-5-4-6-8-12/h4-8,10,13H,9H2,1-3H3,(H,19,20)(H,21,22). The summed E-state index contributed by atoms with van der Waals surface area (Å²) in [6, 6.07) is 8.26. The number of carbonyl (C=O) groups is 2. The van der Waals surface area contributed by atoms with E-state index in [-0.39, 0.29) is 11.7 Å². The number of carboxylic acids is 1. The Balaban J connectivity index is 2.19. The van der Waals surface area contributed by atoms with Gasteiger partial charge in [0.2, 0.25) is 11.7 Å². The lowest BCUT2D eigenvalue weighted by Crippen LogP contribution is -2.41. The molecule has 1 aromatic heterocycles. The maximum atomic E-state index is 12.3. The maximum Gasteiger partial charge on any atom is 0.326 e. The van der Waals surface area contributed by atoms with E-state index in [4.69, 9.17) is 4.42 Å². The van der Waals surface area contributed by atoms with Crippen molar-refractivity contribution in [2.24, 2.45) is 5.92 Å². The van der Waals surface area contributed by atoms with Crippen LogP contribution in [0.2, 0.25) is 0 Å². The van der Waals surface area contributed by atoms with Crippen LogP contribution in [0.3, 0.4) is 0 Å². The monoisotopic (exact) mass is 316 g/mol. The molecule has 122 valence electrons. The van der Waals surface area contributed by atoms with Crippen LogP contribution in [0.5, 0.6) is 0 Å². The molecule has 0 spiro atoms. The highest BCUT2D eigenvalue weighted by atomic mass is 16.4. The zero-order valence-corrected chi connectivity index (χ0v) is 13.4. The number of amides is 1. The lowest BCUT2D eigenvalue weighted by atomic mass is 10.0. The van der Waals surface area contributed by atoms with Crippen molar-refractivity contribution in [3.05, 3.63) is 41.8 Å². The number of rotatable bonds is 6. The summed E-state index contributed by atoms with van der Waals surface area (Å²) in [5.74, 6) is -1.10. The summed E-state index contributed by atoms with van der Waals surface area (Å²) in [5.41, 5.74) is 1.18. The Labute approximate surface area is 134 Å². The topological polar surface area (TPSA) is 92.4 Å². The number of oxazole rings is 1. The third kappa shape index (κ3) is 4.18. The number of benzene rings is 1. The van der Waals surface area contributed by atoms with E-state index in [1.54, 1.807) is 6.92 Å². The van der Waals surface area contributed by atoms with Crippen molar-refractivity contribution in [3.8, 4) is 11.5 Å². The molecule has 2 N–H and O–H groups in total. The Bertz CT molecular complexity index is 692. The van der Waals surface area contributed by atoms with Crippen molar-refractivity contribution in [2.75, 3.05) is 0 Å². The molecule has 0 radical (unpaired) electrons. The fourth-order valence-electron chi connectivity index (χ4n) is 2.23. The highest BCUT2D eigenvalue weighted by molar-refractivity contribution is 5.95. The molecule has 23 heavy (non-hydrogen) atoms. The van der Waals surface area contributed by atoms with Gasteiger partial charge in [0.25, 0.3) is 5.91 Å². The minimum absolute atomic E-state index is 0.0406. The van der Waals surface area contributed by atoms with Crippen LogP contribution in [0.4, 0.5) is 0 Å². The van der Waals surface area contributed by atoms with E-state index >= 15 is 0 Å². The molecule has 1 heterocycles. The third-order valence-corrected chi connectivity index (χ3v) is 3.33. The van der Waals surface area contributed by atoms with E-state index < -0.39 is 17.9 Å².